The lowest BCUT2D eigenvalue weighted by atomic mass is 9.88. The molecule has 1 aromatic rings. The van der Waals surface area contributed by atoms with Gasteiger partial charge in [-0.05, 0) is 43.2 Å². The maximum absolute atomic E-state index is 12.8. The lowest BCUT2D eigenvalue weighted by Gasteiger charge is -2.43. The predicted octanol–water partition coefficient (Wildman–Crippen LogP) is 3.53. The third-order valence-corrected chi connectivity index (χ3v) is 17.1. The van der Waals surface area contributed by atoms with E-state index in [0.29, 0.717) is 0 Å². The number of nitrogens with one attached hydrogen (secondary N) is 1. The van der Waals surface area contributed by atoms with E-state index in [9.17, 15) is 19.5 Å². The molecule has 1 aromatic heterocycles. The van der Waals surface area contributed by atoms with Gasteiger partial charge in [-0.3, -0.25) is 19.1 Å². The highest BCUT2D eigenvalue weighted by molar-refractivity contribution is 6.74. The topological polar surface area (TPSA) is 129 Å². The molecule has 10 nitrogen and oxygen atoms in total. The number of carbonyl (C=O) groups excluding carboxylic acids is 1. The highest BCUT2D eigenvalue weighted by atomic mass is 28.4. The minimum atomic E-state index is -2.56. The number of aromatic amines is 1. The van der Waals surface area contributed by atoms with Gasteiger partial charge in [-0.2, -0.15) is 0 Å². The molecular formula is C25H46N2O8Si2. The molecule has 1 saturated heterocycles. The summed E-state index contributed by atoms with van der Waals surface area (Å²) in [6.07, 6.45) is -2.29. The van der Waals surface area contributed by atoms with Gasteiger partial charge in [0.05, 0.1) is 19.6 Å². The fraction of sp³-hybridized carbons (Fsp3) is 0.800. The normalized spacial score (nSPS) is 25.4. The van der Waals surface area contributed by atoms with Gasteiger partial charge in [0.2, 0.25) is 0 Å². The molecule has 0 aromatic carbocycles. The monoisotopic (exact) mass is 558 g/mol. The van der Waals surface area contributed by atoms with Gasteiger partial charge < -0.3 is 23.4 Å². The summed E-state index contributed by atoms with van der Waals surface area (Å²) < 4.78 is 25.8. The van der Waals surface area contributed by atoms with Crippen molar-refractivity contribution in [1.29, 1.82) is 0 Å². The molecule has 0 saturated carbocycles. The van der Waals surface area contributed by atoms with Crippen LogP contribution < -0.4 is 11.2 Å². The van der Waals surface area contributed by atoms with Crippen molar-refractivity contribution >= 4 is 22.6 Å². The van der Waals surface area contributed by atoms with Crippen molar-refractivity contribution in [3.8, 4) is 0 Å². The third kappa shape index (κ3) is 6.90. The van der Waals surface area contributed by atoms with Gasteiger partial charge in [-0.1, -0.05) is 41.5 Å². The summed E-state index contributed by atoms with van der Waals surface area (Å²) in [6, 6.07) is 1.21. The Morgan fingerprint density at radius 2 is 1.68 bits per heavy atom. The predicted molar refractivity (Wildman–Crippen MR) is 147 cm³/mol. The molecule has 0 bridgehead atoms. The van der Waals surface area contributed by atoms with Crippen LogP contribution in [0.2, 0.25) is 36.3 Å². The first-order valence-electron chi connectivity index (χ1n) is 12.8. The quantitative estimate of drug-likeness (QED) is 0.348. The maximum atomic E-state index is 12.8. The molecular weight excluding hydrogens is 512 g/mol. The van der Waals surface area contributed by atoms with E-state index < -0.39 is 64.3 Å². The molecule has 1 fully saturated rings. The van der Waals surface area contributed by atoms with Crippen LogP contribution in [0, 0.1) is 0 Å². The van der Waals surface area contributed by atoms with E-state index in [1.807, 2.05) is 13.1 Å². The van der Waals surface area contributed by atoms with Crippen molar-refractivity contribution in [2.24, 2.45) is 0 Å². The van der Waals surface area contributed by atoms with Crippen LogP contribution in [-0.2, 0) is 23.1 Å². The molecule has 37 heavy (non-hydrogen) atoms. The largest absolute Gasteiger partial charge is 0.466 e. The average molecular weight is 559 g/mol. The van der Waals surface area contributed by atoms with Crippen molar-refractivity contribution < 1.29 is 28.2 Å². The number of hydrogen-bond acceptors (Lipinski definition) is 8. The van der Waals surface area contributed by atoms with Crippen LogP contribution in [0.1, 0.15) is 61.1 Å². The molecule has 2 heterocycles. The fourth-order valence-electron chi connectivity index (χ4n) is 3.62. The van der Waals surface area contributed by atoms with E-state index >= 15 is 0 Å². The molecule has 4 atom stereocenters. The Hall–Kier alpha value is -1.58. The first-order chi connectivity index (χ1) is 16.7. The Bertz CT molecular complexity index is 1070. The lowest BCUT2D eigenvalue weighted by Crippen LogP contribution is -2.57. The van der Waals surface area contributed by atoms with Gasteiger partial charge >= 0.3 is 11.7 Å². The first-order valence-corrected chi connectivity index (χ1v) is 18.6. The summed E-state index contributed by atoms with van der Waals surface area (Å²) in [4.78, 5) is 39.5. The fourth-order valence-corrected chi connectivity index (χ4v) is 5.93. The zero-order valence-electron chi connectivity index (χ0n) is 24.3. The molecule has 1 aliphatic heterocycles. The lowest BCUT2D eigenvalue weighted by molar-refractivity contribution is -0.156. The minimum absolute atomic E-state index is 0.00162. The van der Waals surface area contributed by atoms with Crippen LogP contribution in [-0.4, -0.2) is 68.3 Å². The number of hydrogen-bond donors (Lipinski definition) is 2. The van der Waals surface area contributed by atoms with Crippen LogP contribution >= 0.6 is 0 Å². The molecule has 0 unspecified atom stereocenters. The van der Waals surface area contributed by atoms with Crippen molar-refractivity contribution in [3.05, 3.63) is 33.1 Å². The van der Waals surface area contributed by atoms with Gasteiger partial charge in [0.15, 0.2) is 22.9 Å². The highest BCUT2D eigenvalue weighted by Crippen LogP contribution is 2.47. The van der Waals surface area contributed by atoms with E-state index in [-0.39, 0.29) is 23.3 Å². The molecule has 1 aliphatic rings. The van der Waals surface area contributed by atoms with Gasteiger partial charge in [0.25, 0.3) is 5.56 Å². The van der Waals surface area contributed by atoms with Crippen molar-refractivity contribution in [3.63, 3.8) is 0 Å². The van der Waals surface area contributed by atoms with Gasteiger partial charge in [0.1, 0.15) is 17.8 Å². The van der Waals surface area contributed by atoms with Crippen LogP contribution in [0.4, 0.5) is 0 Å². The smallest absolute Gasteiger partial charge is 0.330 e. The van der Waals surface area contributed by atoms with Crippen LogP contribution in [0.15, 0.2) is 21.9 Å². The molecule has 0 amide bonds. The Balaban J connectivity index is 2.65. The molecule has 0 aliphatic carbocycles. The number of nitrogens with zero attached hydrogens (tertiary/aromatic N) is 1. The third-order valence-electron chi connectivity index (χ3n) is 8.10. The molecule has 2 N–H and O–H groups in total. The summed E-state index contributed by atoms with van der Waals surface area (Å²) in [6.45, 7) is 22.5. The SMILES string of the molecule is CCOC(=O)C[C@]1(O)[C@@H](CO[Si](C)(C)C(C)(C)C)O[C@@H](n2ccc(=O)[nH]c2=O)[C@@H]1O[Si](C)(C)C(C)(C)C. The molecule has 12 heteroatoms. The Labute approximate surface area is 221 Å². The summed E-state index contributed by atoms with van der Waals surface area (Å²) >= 11 is 0. The number of aliphatic hydroxyl groups is 1. The van der Waals surface area contributed by atoms with Gasteiger partial charge in [-0.15, -0.1) is 0 Å². The number of aromatic nitrogens is 2. The number of ether oxygens (including phenoxy) is 2. The van der Waals surface area contributed by atoms with E-state index in [2.05, 4.69) is 59.6 Å². The maximum Gasteiger partial charge on any atom is 0.330 e. The second-order valence-corrected chi connectivity index (χ2v) is 22.4. The Morgan fingerprint density at radius 1 is 1.11 bits per heavy atom. The summed E-state index contributed by atoms with van der Waals surface area (Å²) in [7, 11) is -4.83. The van der Waals surface area contributed by atoms with E-state index in [1.54, 1.807) is 6.92 Å². The van der Waals surface area contributed by atoms with E-state index in [4.69, 9.17) is 18.3 Å². The summed E-state index contributed by atoms with van der Waals surface area (Å²) in [5.74, 6) is -0.607. The molecule has 0 spiro atoms. The summed E-state index contributed by atoms with van der Waals surface area (Å²) in [5, 5.41) is 11.9. The average Bonchev–Trinajstić information content (AvgIpc) is 2.96. The highest BCUT2D eigenvalue weighted by Gasteiger charge is 2.61. The number of carbonyl (C=O) groups is 1. The van der Waals surface area contributed by atoms with Crippen molar-refractivity contribution in [2.45, 2.75) is 115 Å². The molecule has 212 valence electrons. The number of esters is 1. The van der Waals surface area contributed by atoms with Crippen LogP contribution in [0.5, 0.6) is 0 Å². The first kappa shape index (κ1) is 31.6. The molecule has 0 radical (unpaired) electrons. The van der Waals surface area contributed by atoms with E-state index in [0.717, 1.165) is 0 Å². The Morgan fingerprint density at radius 3 is 2.16 bits per heavy atom. The Kier molecular flexibility index (Phi) is 9.31. The minimum Gasteiger partial charge on any atom is -0.466 e. The van der Waals surface area contributed by atoms with E-state index in [1.165, 1.54) is 16.8 Å². The van der Waals surface area contributed by atoms with Gasteiger partial charge in [0, 0.05) is 12.3 Å². The zero-order valence-corrected chi connectivity index (χ0v) is 26.3. The molecule has 2 rings (SSSR count). The van der Waals surface area contributed by atoms with Crippen LogP contribution in [0.25, 0.3) is 0 Å². The standard InChI is InChI=1S/C25H46N2O8Si2/c1-12-32-19(29)15-25(31)17(16-33-36(8,9)23(2,3)4)34-21(27-14-13-18(28)26-22(27)30)20(25)35-37(10,11)24(5,6)7/h13-14,17,20-21,31H,12,15-16H2,1-11H3,(H,26,28,30)/t17-,20+,21-,25+/m1/s1. The number of rotatable bonds is 9. The van der Waals surface area contributed by atoms with Gasteiger partial charge in [-0.25, -0.2) is 4.79 Å². The second-order valence-electron chi connectivity index (χ2n) is 12.9. The summed E-state index contributed by atoms with van der Waals surface area (Å²) in [5.41, 5.74) is -3.11. The second kappa shape index (κ2) is 10.9. The number of H-pyrrole nitrogens is 1. The van der Waals surface area contributed by atoms with Crippen molar-refractivity contribution in [1.82, 2.24) is 9.55 Å². The zero-order chi connectivity index (χ0) is 28.6. The van der Waals surface area contributed by atoms with Crippen molar-refractivity contribution in [2.75, 3.05) is 13.2 Å². The van der Waals surface area contributed by atoms with Crippen LogP contribution in [0.3, 0.4) is 0 Å².